The zero-order valence-corrected chi connectivity index (χ0v) is 24.5. The number of benzene rings is 4. The molecular formula is C33H30ClN3O3S. The van der Waals surface area contributed by atoms with Crippen molar-refractivity contribution in [2.24, 2.45) is 0 Å². The van der Waals surface area contributed by atoms with Crippen molar-refractivity contribution in [3.63, 3.8) is 0 Å². The Labute approximate surface area is 248 Å². The van der Waals surface area contributed by atoms with Gasteiger partial charge in [-0.1, -0.05) is 48.0 Å². The van der Waals surface area contributed by atoms with Crippen LogP contribution in [0.15, 0.2) is 84.9 Å². The van der Waals surface area contributed by atoms with Crippen LogP contribution in [0.4, 0.5) is 5.69 Å². The number of methoxy groups -OCH3 is 1. The number of hydrogen-bond acceptors (Lipinski definition) is 7. The first-order valence-electron chi connectivity index (χ1n) is 13.6. The SMILES string of the molecule is COC(=O)c1ccc(N2CCN(Cc3ccccc3-c3ccc(Cl)cc3)CC2)cc1Oc1ccc2sc(C)nc2c1. The molecule has 0 spiro atoms. The number of fused-ring (bicyclic) bond motifs is 1. The molecule has 8 heteroatoms. The quantitative estimate of drug-likeness (QED) is 0.182. The lowest BCUT2D eigenvalue weighted by atomic mass is 9.99. The number of thiazole rings is 1. The number of aromatic nitrogens is 1. The van der Waals surface area contributed by atoms with Gasteiger partial charge in [-0.15, -0.1) is 11.3 Å². The highest BCUT2D eigenvalue weighted by atomic mass is 35.5. The molecule has 1 saturated heterocycles. The normalized spacial score (nSPS) is 13.9. The van der Waals surface area contributed by atoms with Crippen LogP contribution in [0, 0.1) is 6.92 Å². The maximum Gasteiger partial charge on any atom is 0.341 e. The van der Waals surface area contributed by atoms with Gasteiger partial charge in [-0.05, 0) is 60.0 Å². The Morgan fingerprint density at radius 2 is 1.73 bits per heavy atom. The third-order valence-electron chi connectivity index (χ3n) is 7.37. The minimum Gasteiger partial charge on any atom is -0.465 e. The molecule has 1 aliphatic heterocycles. The number of ether oxygens (including phenoxy) is 2. The van der Waals surface area contributed by atoms with Gasteiger partial charge < -0.3 is 14.4 Å². The Bertz CT molecular complexity index is 1690. The summed E-state index contributed by atoms with van der Waals surface area (Å²) in [4.78, 5) is 21.9. The zero-order valence-electron chi connectivity index (χ0n) is 23.0. The fourth-order valence-electron chi connectivity index (χ4n) is 5.26. The molecular weight excluding hydrogens is 554 g/mol. The van der Waals surface area contributed by atoms with Crippen LogP contribution in [0.2, 0.25) is 5.02 Å². The van der Waals surface area contributed by atoms with Gasteiger partial charge in [0.25, 0.3) is 0 Å². The second-order valence-electron chi connectivity index (χ2n) is 10.1. The molecule has 0 atom stereocenters. The topological polar surface area (TPSA) is 54.9 Å². The van der Waals surface area contributed by atoms with E-state index in [9.17, 15) is 4.79 Å². The van der Waals surface area contributed by atoms with Crippen LogP contribution in [0.1, 0.15) is 20.9 Å². The fraction of sp³-hybridized carbons (Fsp3) is 0.212. The monoisotopic (exact) mass is 583 g/mol. The molecule has 5 aromatic rings. The third-order valence-corrected chi connectivity index (χ3v) is 8.57. The molecule has 4 aromatic carbocycles. The summed E-state index contributed by atoms with van der Waals surface area (Å²) in [7, 11) is 1.38. The lowest BCUT2D eigenvalue weighted by Crippen LogP contribution is -2.46. The zero-order chi connectivity index (χ0) is 28.3. The molecule has 0 radical (unpaired) electrons. The molecule has 1 aliphatic rings. The predicted octanol–water partition coefficient (Wildman–Crippen LogP) is 7.83. The summed E-state index contributed by atoms with van der Waals surface area (Å²) in [6, 6.07) is 28.1. The van der Waals surface area contributed by atoms with E-state index in [1.165, 1.54) is 23.8 Å². The van der Waals surface area contributed by atoms with Crippen LogP contribution in [0.25, 0.3) is 21.3 Å². The van der Waals surface area contributed by atoms with Crippen molar-refractivity contribution in [1.29, 1.82) is 0 Å². The first-order chi connectivity index (χ1) is 20.0. The average molecular weight is 584 g/mol. The second kappa shape index (κ2) is 11.9. The van der Waals surface area contributed by atoms with E-state index in [1.54, 1.807) is 17.4 Å². The standard InChI is InChI=1S/C33H30ClN3O3S/c1-22-35-30-20-27(12-14-32(30)41-22)40-31-19-26(11-13-29(31)33(38)39-2)37-17-15-36(16-18-37)21-24-5-3-4-6-28(24)23-7-9-25(34)10-8-23/h3-14,19-20H,15-18,21H2,1-2H3. The van der Waals surface area contributed by atoms with Crippen molar-refractivity contribution >= 4 is 44.8 Å². The Morgan fingerprint density at radius 3 is 2.51 bits per heavy atom. The van der Waals surface area contributed by atoms with Crippen molar-refractivity contribution < 1.29 is 14.3 Å². The second-order valence-corrected chi connectivity index (χ2v) is 11.7. The molecule has 0 aliphatic carbocycles. The minimum atomic E-state index is -0.429. The highest BCUT2D eigenvalue weighted by Crippen LogP contribution is 2.34. The number of hydrogen-bond donors (Lipinski definition) is 0. The van der Waals surface area contributed by atoms with E-state index >= 15 is 0 Å². The Morgan fingerprint density at radius 1 is 0.951 bits per heavy atom. The summed E-state index contributed by atoms with van der Waals surface area (Å²) >= 11 is 7.76. The molecule has 0 bridgehead atoms. The Balaban J connectivity index is 1.17. The van der Waals surface area contributed by atoms with Crippen LogP contribution in [0.5, 0.6) is 11.5 Å². The number of halogens is 1. The van der Waals surface area contributed by atoms with E-state index in [0.717, 1.165) is 58.7 Å². The predicted molar refractivity (Wildman–Crippen MR) is 167 cm³/mol. The molecule has 0 saturated carbocycles. The molecule has 1 fully saturated rings. The molecule has 6 nitrogen and oxygen atoms in total. The summed E-state index contributed by atoms with van der Waals surface area (Å²) in [5.41, 5.74) is 6.00. The maximum atomic E-state index is 12.6. The van der Waals surface area contributed by atoms with Crippen molar-refractivity contribution in [3.8, 4) is 22.6 Å². The lowest BCUT2D eigenvalue weighted by Gasteiger charge is -2.36. The van der Waals surface area contributed by atoms with Gasteiger partial charge in [-0.3, -0.25) is 4.90 Å². The van der Waals surface area contributed by atoms with Gasteiger partial charge in [0.15, 0.2) is 0 Å². The highest BCUT2D eigenvalue weighted by molar-refractivity contribution is 7.18. The van der Waals surface area contributed by atoms with Crippen LogP contribution in [-0.2, 0) is 11.3 Å². The Hall–Kier alpha value is -3.91. The number of esters is 1. The molecule has 0 N–H and O–H groups in total. The number of piperazine rings is 1. The van der Waals surface area contributed by atoms with Crippen molar-refractivity contribution in [2.75, 3.05) is 38.2 Å². The maximum absolute atomic E-state index is 12.6. The van der Waals surface area contributed by atoms with Gasteiger partial charge in [0.05, 0.1) is 22.3 Å². The molecule has 41 heavy (non-hydrogen) atoms. The molecule has 208 valence electrons. The Kier molecular flexibility index (Phi) is 7.92. The molecule has 2 heterocycles. The van der Waals surface area contributed by atoms with Crippen LogP contribution < -0.4 is 9.64 Å². The number of carbonyl (C=O) groups is 1. The van der Waals surface area contributed by atoms with Gasteiger partial charge in [-0.2, -0.15) is 0 Å². The molecule has 6 rings (SSSR count). The number of aryl methyl sites for hydroxylation is 1. The molecule has 0 amide bonds. The van der Waals surface area contributed by atoms with Gasteiger partial charge in [-0.25, -0.2) is 9.78 Å². The number of carbonyl (C=O) groups excluding carboxylic acids is 1. The van der Waals surface area contributed by atoms with Crippen LogP contribution in [-0.4, -0.2) is 49.1 Å². The minimum absolute atomic E-state index is 0.392. The van der Waals surface area contributed by atoms with E-state index in [-0.39, 0.29) is 0 Å². The molecule has 1 aromatic heterocycles. The van der Waals surface area contributed by atoms with E-state index < -0.39 is 5.97 Å². The number of nitrogens with zero attached hydrogens (tertiary/aromatic N) is 3. The summed E-state index contributed by atoms with van der Waals surface area (Å²) < 4.78 is 12.4. The first kappa shape index (κ1) is 27.3. The smallest absolute Gasteiger partial charge is 0.341 e. The van der Waals surface area contributed by atoms with Crippen molar-refractivity contribution in [1.82, 2.24) is 9.88 Å². The van der Waals surface area contributed by atoms with Crippen LogP contribution in [0.3, 0.4) is 0 Å². The first-order valence-corrected chi connectivity index (χ1v) is 14.7. The van der Waals surface area contributed by atoms with Crippen molar-refractivity contribution in [2.45, 2.75) is 13.5 Å². The molecule has 0 unspecified atom stereocenters. The van der Waals surface area contributed by atoms with Crippen LogP contribution >= 0.6 is 22.9 Å². The lowest BCUT2D eigenvalue weighted by molar-refractivity contribution is 0.0598. The van der Waals surface area contributed by atoms with E-state index in [1.807, 2.05) is 49.4 Å². The summed E-state index contributed by atoms with van der Waals surface area (Å²) in [6.07, 6.45) is 0. The summed E-state index contributed by atoms with van der Waals surface area (Å²) in [5, 5.41) is 1.74. The number of anilines is 1. The summed E-state index contributed by atoms with van der Waals surface area (Å²) in [6.45, 7) is 6.44. The third kappa shape index (κ3) is 6.07. The highest BCUT2D eigenvalue weighted by Gasteiger charge is 2.22. The van der Waals surface area contributed by atoms with E-state index in [4.69, 9.17) is 21.1 Å². The number of rotatable bonds is 7. The van der Waals surface area contributed by atoms with E-state index in [0.29, 0.717) is 17.1 Å². The largest absolute Gasteiger partial charge is 0.465 e. The van der Waals surface area contributed by atoms with Crippen molar-refractivity contribution in [3.05, 3.63) is 106 Å². The average Bonchev–Trinajstić information content (AvgIpc) is 3.37. The van der Waals surface area contributed by atoms with Gasteiger partial charge in [0, 0.05) is 55.6 Å². The fourth-order valence-corrected chi connectivity index (χ4v) is 6.19. The summed E-state index contributed by atoms with van der Waals surface area (Å²) in [5.74, 6) is 0.676. The van der Waals surface area contributed by atoms with Gasteiger partial charge in [0.1, 0.15) is 17.1 Å². The van der Waals surface area contributed by atoms with Gasteiger partial charge >= 0.3 is 5.97 Å². The van der Waals surface area contributed by atoms with E-state index in [2.05, 4.69) is 51.2 Å². The van der Waals surface area contributed by atoms with Gasteiger partial charge in [0.2, 0.25) is 0 Å².